The summed E-state index contributed by atoms with van der Waals surface area (Å²) in [7, 11) is 0. The lowest BCUT2D eigenvalue weighted by molar-refractivity contribution is -0.141. The molecule has 0 unspecified atom stereocenters. The molecule has 1 aromatic carbocycles. The molecular weight excluding hydrogens is 327 g/mol. The minimum absolute atomic E-state index is 0.201. The molecule has 0 saturated carbocycles. The van der Waals surface area contributed by atoms with Crippen molar-refractivity contribution in [2.45, 2.75) is 6.18 Å². The van der Waals surface area contributed by atoms with Crippen LogP contribution in [0.2, 0.25) is 0 Å². The van der Waals surface area contributed by atoms with Gasteiger partial charge in [-0.1, -0.05) is 12.1 Å². The van der Waals surface area contributed by atoms with Gasteiger partial charge in [0.15, 0.2) is 6.61 Å². The van der Waals surface area contributed by atoms with Crippen LogP contribution >= 0.6 is 0 Å². The molecular formula is C15H12F3N3O3. The minimum Gasteiger partial charge on any atom is -0.484 e. The number of ether oxygens (including phenoxy) is 1. The predicted octanol–water partition coefficient (Wildman–Crippen LogP) is 2.22. The maximum absolute atomic E-state index is 12.5. The molecule has 0 aliphatic carbocycles. The number of hydrogen-bond acceptors (Lipinski definition) is 4. The number of anilines is 1. The Labute approximate surface area is 134 Å². The molecule has 6 nitrogen and oxygen atoms in total. The second-order valence-electron chi connectivity index (χ2n) is 4.63. The maximum Gasteiger partial charge on any atom is 0.433 e. The Morgan fingerprint density at radius 3 is 2.54 bits per heavy atom. The van der Waals surface area contributed by atoms with Crippen LogP contribution in [0.3, 0.4) is 0 Å². The van der Waals surface area contributed by atoms with Crippen LogP contribution in [-0.2, 0) is 11.0 Å². The average Bonchev–Trinajstić information content (AvgIpc) is 2.52. The van der Waals surface area contributed by atoms with Crippen LogP contribution in [0.1, 0.15) is 16.1 Å². The molecule has 0 saturated heterocycles. The van der Waals surface area contributed by atoms with E-state index in [1.165, 1.54) is 30.3 Å². The fourth-order valence-electron chi connectivity index (χ4n) is 1.73. The molecule has 3 N–H and O–H groups in total. The second kappa shape index (κ2) is 6.99. The summed E-state index contributed by atoms with van der Waals surface area (Å²) in [5.74, 6) is -1.38. The highest BCUT2D eigenvalue weighted by atomic mass is 19.4. The van der Waals surface area contributed by atoms with Gasteiger partial charge in [-0.05, 0) is 30.3 Å². The molecule has 2 rings (SSSR count). The van der Waals surface area contributed by atoms with Crippen LogP contribution in [0.4, 0.5) is 19.0 Å². The van der Waals surface area contributed by atoms with Crippen molar-refractivity contribution in [3.8, 4) is 5.75 Å². The molecule has 0 fully saturated rings. The number of nitrogens with one attached hydrogen (secondary N) is 1. The Balaban J connectivity index is 1.97. The average molecular weight is 339 g/mol. The number of alkyl halides is 3. The summed E-state index contributed by atoms with van der Waals surface area (Å²) < 4.78 is 42.8. The van der Waals surface area contributed by atoms with E-state index in [0.29, 0.717) is 0 Å². The van der Waals surface area contributed by atoms with Gasteiger partial charge >= 0.3 is 6.18 Å². The SMILES string of the molecule is NC(=O)c1cccc(OCC(=O)Nc2cccc(C(F)(F)F)n2)c1. The second-order valence-corrected chi connectivity index (χ2v) is 4.63. The van der Waals surface area contributed by atoms with Gasteiger partial charge in [0.1, 0.15) is 17.3 Å². The van der Waals surface area contributed by atoms with Crippen LogP contribution in [0.5, 0.6) is 5.75 Å². The van der Waals surface area contributed by atoms with Gasteiger partial charge in [0.25, 0.3) is 5.91 Å². The summed E-state index contributed by atoms with van der Waals surface area (Å²) in [5.41, 5.74) is 4.20. The zero-order valence-corrected chi connectivity index (χ0v) is 12.1. The third-order valence-corrected chi connectivity index (χ3v) is 2.80. The van der Waals surface area contributed by atoms with E-state index >= 15 is 0 Å². The first-order chi connectivity index (χ1) is 11.3. The van der Waals surface area contributed by atoms with Crippen molar-refractivity contribution < 1.29 is 27.5 Å². The number of aromatic nitrogens is 1. The third-order valence-electron chi connectivity index (χ3n) is 2.80. The first-order valence-electron chi connectivity index (χ1n) is 6.62. The number of carbonyl (C=O) groups is 2. The van der Waals surface area contributed by atoms with Crippen molar-refractivity contribution in [3.63, 3.8) is 0 Å². The van der Waals surface area contributed by atoms with Crippen molar-refractivity contribution in [3.05, 3.63) is 53.7 Å². The Kier molecular flexibility index (Phi) is 5.02. The summed E-state index contributed by atoms with van der Waals surface area (Å²) in [6.45, 7) is -0.472. The van der Waals surface area contributed by atoms with Crippen LogP contribution in [0.15, 0.2) is 42.5 Å². The topological polar surface area (TPSA) is 94.3 Å². The van der Waals surface area contributed by atoms with Crippen molar-refractivity contribution >= 4 is 17.6 Å². The molecule has 24 heavy (non-hydrogen) atoms. The minimum atomic E-state index is -4.60. The number of hydrogen-bond donors (Lipinski definition) is 2. The van der Waals surface area contributed by atoms with E-state index in [9.17, 15) is 22.8 Å². The van der Waals surface area contributed by atoms with E-state index in [0.717, 1.165) is 12.1 Å². The number of rotatable bonds is 5. The first-order valence-corrected chi connectivity index (χ1v) is 6.62. The van der Waals surface area contributed by atoms with Gasteiger partial charge in [-0.25, -0.2) is 4.98 Å². The largest absolute Gasteiger partial charge is 0.484 e. The monoisotopic (exact) mass is 339 g/mol. The fourth-order valence-corrected chi connectivity index (χ4v) is 1.73. The molecule has 0 aliphatic rings. The van der Waals surface area contributed by atoms with Crippen molar-refractivity contribution in [1.82, 2.24) is 4.98 Å². The maximum atomic E-state index is 12.5. The molecule has 1 heterocycles. The Morgan fingerprint density at radius 2 is 1.88 bits per heavy atom. The molecule has 0 atom stereocenters. The van der Waals surface area contributed by atoms with Crippen LogP contribution in [0, 0.1) is 0 Å². The molecule has 2 aromatic rings. The molecule has 1 aromatic heterocycles. The lowest BCUT2D eigenvalue weighted by atomic mass is 10.2. The molecule has 0 bridgehead atoms. The van der Waals surface area contributed by atoms with E-state index in [1.54, 1.807) is 0 Å². The molecule has 2 amide bonds. The fraction of sp³-hybridized carbons (Fsp3) is 0.133. The highest BCUT2D eigenvalue weighted by Crippen LogP contribution is 2.28. The van der Waals surface area contributed by atoms with E-state index in [1.807, 2.05) is 0 Å². The number of halogens is 3. The number of nitrogens with zero attached hydrogens (tertiary/aromatic N) is 1. The Morgan fingerprint density at radius 1 is 1.17 bits per heavy atom. The van der Waals surface area contributed by atoms with Gasteiger partial charge in [-0.2, -0.15) is 13.2 Å². The first kappa shape index (κ1) is 17.3. The van der Waals surface area contributed by atoms with E-state index in [-0.39, 0.29) is 17.1 Å². The predicted molar refractivity (Wildman–Crippen MR) is 78.3 cm³/mol. The molecule has 0 radical (unpaired) electrons. The number of benzene rings is 1. The van der Waals surface area contributed by atoms with Crippen molar-refractivity contribution in [2.24, 2.45) is 5.73 Å². The van der Waals surface area contributed by atoms with E-state index in [4.69, 9.17) is 10.5 Å². The van der Waals surface area contributed by atoms with Crippen LogP contribution in [-0.4, -0.2) is 23.4 Å². The highest BCUT2D eigenvalue weighted by molar-refractivity contribution is 5.93. The summed E-state index contributed by atoms with van der Waals surface area (Å²) >= 11 is 0. The van der Waals surface area contributed by atoms with Crippen LogP contribution < -0.4 is 15.8 Å². The number of pyridine rings is 1. The Hall–Kier alpha value is -3.10. The number of amides is 2. The zero-order chi connectivity index (χ0) is 17.7. The van der Waals surface area contributed by atoms with Gasteiger partial charge in [-0.15, -0.1) is 0 Å². The zero-order valence-electron chi connectivity index (χ0n) is 12.1. The van der Waals surface area contributed by atoms with E-state index in [2.05, 4.69) is 10.3 Å². The number of nitrogens with two attached hydrogens (primary N) is 1. The lowest BCUT2D eigenvalue weighted by Crippen LogP contribution is -2.21. The number of primary amides is 1. The van der Waals surface area contributed by atoms with Gasteiger partial charge in [0.2, 0.25) is 5.91 Å². The normalized spacial score (nSPS) is 11.0. The summed E-state index contributed by atoms with van der Waals surface area (Å²) in [6.07, 6.45) is -4.60. The van der Waals surface area contributed by atoms with Gasteiger partial charge in [0, 0.05) is 5.56 Å². The van der Waals surface area contributed by atoms with E-state index < -0.39 is 30.3 Å². The number of carbonyl (C=O) groups excluding carboxylic acids is 2. The summed E-state index contributed by atoms with van der Waals surface area (Å²) in [6, 6.07) is 8.98. The van der Waals surface area contributed by atoms with Gasteiger partial charge < -0.3 is 15.8 Å². The highest BCUT2D eigenvalue weighted by Gasteiger charge is 2.32. The molecule has 126 valence electrons. The Bertz CT molecular complexity index is 763. The smallest absolute Gasteiger partial charge is 0.433 e. The van der Waals surface area contributed by atoms with Gasteiger partial charge in [0.05, 0.1) is 0 Å². The summed E-state index contributed by atoms with van der Waals surface area (Å²) in [5, 5.41) is 2.20. The lowest BCUT2D eigenvalue weighted by Gasteiger charge is -2.10. The quantitative estimate of drug-likeness (QED) is 0.873. The van der Waals surface area contributed by atoms with Crippen molar-refractivity contribution in [2.75, 3.05) is 11.9 Å². The standard InChI is InChI=1S/C15H12F3N3O3/c16-15(17,18)11-5-2-6-12(20-11)21-13(22)8-24-10-4-1-3-9(7-10)14(19)23/h1-7H,8H2,(H2,19,23)(H,20,21,22). The molecule has 9 heteroatoms. The third kappa shape index (κ3) is 4.70. The molecule has 0 spiro atoms. The molecule has 0 aliphatic heterocycles. The van der Waals surface area contributed by atoms with Crippen molar-refractivity contribution in [1.29, 1.82) is 0 Å². The van der Waals surface area contributed by atoms with Crippen LogP contribution in [0.25, 0.3) is 0 Å². The van der Waals surface area contributed by atoms with Gasteiger partial charge in [-0.3, -0.25) is 9.59 Å². The summed E-state index contributed by atoms with van der Waals surface area (Å²) in [4.78, 5) is 26.1.